The molecule has 0 bridgehead atoms. The van der Waals surface area contributed by atoms with Gasteiger partial charge in [-0.05, 0) is 57.4 Å². The van der Waals surface area contributed by atoms with Gasteiger partial charge < -0.3 is 14.2 Å². The molecule has 0 unspecified atom stereocenters. The van der Waals surface area contributed by atoms with E-state index < -0.39 is 44.5 Å². The highest BCUT2D eigenvalue weighted by Crippen LogP contribution is 2.34. The molecule has 242 valence electrons. The molecule has 0 aliphatic carbocycles. The number of benzene rings is 1. The Bertz CT molecular complexity index is 1790. The molecule has 14 heteroatoms. The number of rotatable bonds is 14. The van der Waals surface area contributed by atoms with E-state index in [0.29, 0.717) is 0 Å². The second-order valence-electron chi connectivity index (χ2n) is 11.4. The van der Waals surface area contributed by atoms with Crippen molar-refractivity contribution in [3.63, 3.8) is 0 Å². The Morgan fingerprint density at radius 1 is 1.16 bits per heavy atom. The van der Waals surface area contributed by atoms with Crippen LogP contribution in [0.3, 0.4) is 0 Å². The highest BCUT2D eigenvalue weighted by Gasteiger charge is 2.36. The van der Waals surface area contributed by atoms with E-state index in [9.17, 15) is 32.0 Å². The van der Waals surface area contributed by atoms with Crippen LogP contribution in [-0.4, -0.2) is 61.6 Å². The summed E-state index contributed by atoms with van der Waals surface area (Å²) >= 11 is 0.877. The molecule has 3 rings (SSSR count). The van der Waals surface area contributed by atoms with Crippen molar-refractivity contribution in [3.05, 3.63) is 60.9 Å². The number of ether oxygens (including phenoxy) is 3. The smallest absolute Gasteiger partial charge is 0.348 e. The largest absolute Gasteiger partial charge is 0.496 e. The van der Waals surface area contributed by atoms with E-state index in [4.69, 9.17) is 14.2 Å². The summed E-state index contributed by atoms with van der Waals surface area (Å²) in [5.41, 5.74) is -2.71. The quantitative estimate of drug-likeness (QED) is 0.236. The molecule has 0 amide bonds. The molecule has 0 spiro atoms. The first-order valence-corrected chi connectivity index (χ1v) is 16.9. The second-order valence-corrected chi connectivity index (χ2v) is 14.7. The summed E-state index contributed by atoms with van der Waals surface area (Å²) in [5.74, 6) is -1.84. The van der Waals surface area contributed by atoms with Crippen LogP contribution in [0.4, 0.5) is 4.39 Å². The van der Waals surface area contributed by atoms with Gasteiger partial charge in [-0.3, -0.25) is 14.2 Å². The number of methoxy groups -OCH3 is 1. The lowest BCUT2D eigenvalue weighted by molar-refractivity contribution is -0.127. The van der Waals surface area contributed by atoms with E-state index in [1.165, 1.54) is 37.7 Å². The third-order valence-electron chi connectivity index (χ3n) is 7.17. The van der Waals surface area contributed by atoms with Crippen LogP contribution < -0.4 is 16.0 Å². The third kappa shape index (κ3) is 7.46. The molecule has 0 aliphatic rings. The van der Waals surface area contributed by atoms with Crippen LogP contribution in [0.5, 0.6) is 5.75 Å². The summed E-state index contributed by atoms with van der Waals surface area (Å²) in [5, 5.41) is 0.0455. The number of hydrogen-bond acceptors (Lipinski definition) is 10. The molecule has 0 fully saturated rings. The topological polar surface area (TPSA) is 140 Å². The predicted octanol–water partition coefficient (Wildman–Crippen LogP) is 4.01. The number of Topliss-reactive ketones (excluding diaryl/α,β-unsaturated/α-hetero) is 1. The SMILES string of the molecule is CCOC(=O)c1sc2c(c1C)c(=O)n(C(C)(C)C(=O)CC(C)C)c(=O)n2C[C@H](OCCS(C)(=O)=O)c1cc(F)ccc1OC. The maximum Gasteiger partial charge on any atom is 0.348 e. The number of sulfone groups is 1. The first-order valence-electron chi connectivity index (χ1n) is 14.1. The van der Waals surface area contributed by atoms with E-state index in [2.05, 4.69) is 0 Å². The van der Waals surface area contributed by atoms with Crippen LogP contribution in [0.1, 0.15) is 67.9 Å². The standard InChI is InChI=1S/C30H39FN2O9S2/c1-9-41-28(36)25-18(4)24-26(35)33(30(5,6)23(34)14-17(2)3)29(37)32(27(24)43-25)16-22(42-12-13-44(8,38)39)20-15-19(31)10-11-21(20)40-7/h10-11,15,17,22H,9,12-14,16H2,1-8H3/t22-/m0/s1. The van der Waals surface area contributed by atoms with E-state index >= 15 is 0 Å². The summed E-state index contributed by atoms with van der Waals surface area (Å²) in [6.07, 6.45) is 0.00233. The normalized spacial score (nSPS) is 13.0. The molecule has 11 nitrogen and oxygen atoms in total. The number of aryl methyl sites for hydroxylation is 1. The number of nitrogens with zero attached hydrogens (tertiary/aromatic N) is 2. The minimum atomic E-state index is -3.44. The first kappa shape index (κ1) is 35.1. The van der Waals surface area contributed by atoms with Crippen LogP contribution in [0.25, 0.3) is 10.2 Å². The molecule has 0 aliphatic heterocycles. The van der Waals surface area contributed by atoms with Gasteiger partial charge in [-0.15, -0.1) is 11.3 Å². The van der Waals surface area contributed by atoms with Crippen molar-refractivity contribution < 1.29 is 36.6 Å². The van der Waals surface area contributed by atoms with Crippen molar-refractivity contribution in [2.45, 2.75) is 66.2 Å². The lowest BCUT2D eigenvalue weighted by Gasteiger charge is -2.28. The molecule has 0 N–H and O–H groups in total. The fourth-order valence-electron chi connectivity index (χ4n) is 4.84. The monoisotopic (exact) mass is 654 g/mol. The average Bonchev–Trinajstić information content (AvgIpc) is 3.26. The first-order chi connectivity index (χ1) is 20.4. The van der Waals surface area contributed by atoms with Gasteiger partial charge in [0.1, 0.15) is 42.8 Å². The summed E-state index contributed by atoms with van der Waals surface area (Å²) in [4.78, 5) is 54.8. The Morgan fingerprint density at radius 2 is 1.82 bits per heavy atom. The number of carbonyl (C=O) groups is 2. The van der Waals surface area contributed by atoms with Gasteiger partial charge in [0.2, 0.25) is 0 Å². The number of aromatic nitrogens is 2. The Balaban J connectivity index is 2.39. The molecule has 1 atom stereocenters. The van der Waals surface area contributed by atoms with E-state index in [0.717, 1.165) is 28.2 Å². The molecule has 2 aromatic heterocycles. The van der Waals surface area contributed by atoms with Crippen LogP contribution in [0.2, 0.25) is 0 Å². The molecule has 0 saturated carbocycles. The van der Waals surface area contributed by atoms with Crippen molar-refractivity contribution in [3.8, 4) is 5.75 Å². The Morgan fingerprint density at radius 3 is 2.39 bits per heavy atom. The van der Waals surface area contributed by atoms with E-state index in [1.807, 2.05) is 13.8 Å². The van der Waals surface area contributed by atoms with Crippen LogP contribution in [0.15, 0.2) is 27.8 Å². The highest BCUT2D eigenvalue weighted by molar-refractivity contribution is 7.90. The maximum absolute atomic E-state index is 14.5. The minimum Gasteiger partial charge on any atom is -0.496 e. The lowest BCUT2D eigenvalue weighted by atomic mass is 9.91. The summed E-state index contributed by atoms with van der Waals surface area (Å²) in [7, 11) is -2.07. The highest BCUT2D eigenvalue weighted by atomic mass is 32.2. The molecule has 3 aromatic rings. The summed E-state index contributed by atoms with van der Waals surface area (Å²) < 4.78 is 56.9. The van der Waals surface area contributed by atoms with Gasteiger partial charge in [-0.1, -0.05) is 13.8 Å². The number of ketones is 1. The number of fused-ring (bicyclic) bond motifs is 1. The van der Waals surface area contributed by atoms with E-state index in [1.54, 1.807) is 13.8 Å². The average molecular weight is 655 g/mol. The van der Waals surface area contributed by atoms with Crippen LogP contribution in [-0.2, 0) is 36.2 Å². The molecule has 1 aromatic carbocycles. The third-order valence-corrected chi connectivity index (χ3v) is 9.37. The number of thiophene rings is 1. The number of esters is 1. The molecular weight excluding hydrogens is 615 g/mol. The van der Waals surface area contributed by atoms with Gasteiger partial charge in [0.05, 0.1) is 38.0 Å². The predicted molar refractivity (Wildman–Crippen MR) is 166 cm³/mol. The van der Waals surface area contributed by atoms with Gasteiger partial charge in [0.15, 0.2) is 5.78 Å². The van der Waals surface area contributed by atoms with Crippen molar-refractivity contribution in [2.24, 2.45) is 5.92 Å². The van der Waals surface area contributed by atoms with Crippen LogP contribution in [0, 0.1) is 18.7 Å². The molecule has 0 radical (unpaired) electrons. The molecule has 44 heavy (non-hydrogen) atoms. The van der Waals surface area contributed by atoms with Gasteiger partial charge in [0.25, 0.3) is 5.56 Å². The van der Waals surface area contributed by atoms with Crippen molar-refractivity contribution >= 4 is 43.1 Å². The second kappa shape index (κ2) is 13.7. The summed E-state index contributed by atoms with van der Waals surface area (Å²) in [6.45, 7) is 9.31. The zero-order valence-corrected chi connectivity index (χ0v) is 27.8. The van der Waals surface area contributed by atoms with Crippen molar-refractivity contribution in [1.82, 2.24) is 9.13 Å². The van der Waals surface area contributed by atoms with E-state index in [-0.39, 0.29) is 75.6 Å². The summed E-state index contributed by atoms with van der Waals surface area (Å²) in [6, 6.07) is 3.71. The Kier molecular flexibility index (Phi) is 11.0. The van der Waals surface area contributed by atoms with Gasteiger partial charge in [-0.25, -0.2) is 27.0 Å². The Hall–Kier alpha value is -3.36. The number of carbonyl (C=O) groups excluding carboxylic acids is 2. The number of hydrogen-bond donors (Lipinski definition) is 0. The molecule has 2 heterocycles. The fraction of sp³-hybridized carbons (Fsp3) is 0.533. The maximum atomic E-state index is 14.5. The van der Waals surface area contributed by atoms with Crippen molar-refractivity contribution in [1.29, 1.82) is 0 Å². The van der Waals surface area contributed by atoms with Crippen LogP contribution >= 0.6 is 11.3 Å². The number of halogens is 1. The zero-order chi connectivity index (χ0) is 33.1. The fourth-order valence-corrected chi connectivity index (χ4v) is 6.44. The Labute approximate surface area is 259 Å². The van der Waals surface area contributed by atoms with Gasteiger partial charge in [-0.2, -0.15) is 0 Å². The molecular formula is C30H39FN2O9S2. The van der Waals surface area contributed by atoms with Crippen molar-refractivity contribution in [2.75, 3.05) is 32.3 Å². The van der Waals surface area contributed by atoms with Gasteiger partial charge in [0, 0.05) is 18.2 Å². The lowest BCUT2D eigenvalue weighted by Crippen LogP contribution is -2.53. The zero-order valence-electron chi connectivity index (χ0n) is 26.2. The van der Waals surface area contributed by atoms with Gasteiger partial charge >= 0.3 is 11.7 Å². The minimum absolute atomic E-state index is 0.0455. The molecule has 0 saturated heterocycles.